The van der Waals surface area contributed by atoms with Gasteiger partial charge in [0.25, 0.3) is 15.9 Å². The van der Waals surface area contributed by atoms with Gasteiger partial charge in [-0.15, -0.1) is 0 Å². The number of benzene rings is 3. The van der Waals surface area contributed by atoms with Gasteiger partial charge in [-0.1, -0.05) is 56.3 Å². The highest BCUT2D eigenvalue weighted by molar-refractivity contribution is 7.90. The fourth-order valence-electron chi connectivity index (χ4n) is 4.79. The summed E-state index contributed by atoms with van der Waals surface area (Å²) >= 11 is 0. The van der Waals surface area contributed by atoms with Gasteiger partial charge in [0.1, 0.15) is 4.90 Å². The minimum atomic E-state index is -4.36. The Kier molecular flexibility index (Phi) is 6.82. The van der Waals surface area contributed by atoms with Crippen molar-refractivity contribution in [3.8, 4) is 22.6 Å². The van der Waals surface area contributed by atoms with E-state index in [-0.39, 0.29) is 29.2 Å². The summed E-state index contributed by atoms with van der Waals surface area (Å²) in [6.45, 7) is 6.94. The fourth-order valence-corrected chi connectivity index (χ4v) is 5.97. The van der Waals surface area contributed by atoms with E-state index >= 15 is 0 Å². The quantitative estimate of drug-likeness (QED) is 0.465. The van der Waals surface area contributed by atoms with Gasteiger partial charge in [0, 0.05) is 12.5 Å². The van der Waals surface area contributed by atoms with E-state index in [9.17, 15) is 18.0 Å². The Hall–Kier alpha value is -4.31. The number of anilines is 1. The summed E-state index contributed by atoms with van der Waals surface area (Å²) in [6, 6.07) is 17.9. The number of nitrogens with zero attached hydrogens (tertiary/aromatic N) is 1. The number of carbonyl (C=O) groups is 2. The number of rotatable bonds is 6. The number of hydrogen-bond donors (Lipinski definition) is 2. The molecular weight excluding hydrogens is 518 g/mol. The van der Waals surface area contributed by atoms with E-state index in [4.69, 9.17) is 9.47 Å². The van der Waals surface area contributed by atoms with Gasteiger partial charge in [-0.05, 0) is 53.8 Å². The van der Waals surface area contributed by atoms with E-state index in [1.165, 1.54) is 11.1 Å². The molecule has 0 aromatic heterocycles. The Labute approximate surface area is 227 Å². The standard InChI is InChI=1S/C29H29N3O6S/c1-17(2)22-11-13-26(39(35,36)31-19(4)33)28(27(22)21-10-12-24-25(15-21)38-16-37-24)32-29(34)18(3)14-23(30-32)20-8-6-5-7-9-20/h5-15,17-18,30H,16H2,1-4H3,(H,31,33). The molecule has 5 rings (SSSR count). The molecule has 0 saturated carbocycles. The topological polar surface area (TPSA) is 114 Å². The van der Waals surface area contributed by atoms with Gasteiger partial charge in [-0.3, -0.25) is 15.0 Å². The number of fused-ring (bicyclic) bond motifs is 1. The third-order valence-electron chi connectivity index (χ3n) is 6.59. The molecule has 1 unspecified atom stereocenters. The van der Waals surface area contributed by atoms with Gasteiger partial charge < -0.3 is 9.47 Å². The van der Waals surface area contributed by atoms with Crippen LogP contribution in [0, 0.1) is 5.92 Å². The summed E-state index contributed by atoms with van der Waals surface area (Å²) in [4.78, 5) is 25.4. The molecular formula is C29H29N3O6S. The number of sulfonamides is 1. The van der Waals surface area contributed by atoms with Crippen molar-refractivity contribution in [3.05, 3.63) is 77.9 Å². The zero-order valence-corrected chi connectivity index (χ0v) is 22.8. The summed E-state index contributed by atoms with van der Waals surface area (Å²) in [5.74, 6) is -0.609. The molecule has 0 spiro atoms. The molecule has 3 aromatic carbocycles. The predicted molar refractivity (Wildman–Crippen MR) is 147 cm³/mol. The van der Waals surface area contributed by atoms with Gasteiger partial charge in [0.05, 0.1) is 17.3 Å². The van der Waals surface area contributed by atoms with Crippen molar-refractivity contribution in [3.63, 3.8) is 0 Å². The first-order valence-electron chi connectivity index (χ1n) is 12.5. The minimum Gasteiger partial charge on any atom is -0.454 e. The van der Waals surface area contributed by atoms with E-state index in [1.54, 1.807) is 31.2 Å². The third-order valence-corrected chi connectivity index (χ3v) is 8.06. The molecule has 0 saturated heterocycles. The summed E-state index contributed by atoms with van der Waals surface area (Å²) in [7, 11) is -4.36. The van der Waals surface area contributed by atoms with E-state index in [2.05, 4.69) is 10.1 Å². The maximum absolute atomic E-state index is 13.7. The van der Waals surface area contributed by atoms with Crippen molar-refractivity contribution in [1.29, 1.82) is 0 Å². The van der Waals surface area contributed by atoms with Crippen LogP contribution in [0.4, 0.5) is 5.69 Å². The minimum absolute atomic E-state index is 0.0388. The zero-order chi connectivity index (χ0) is 27.9. The number of ether oxygens (including phenoxy) is 2. The van der Waals surface area contributed by atoms with Gasteiger partial charge in [0.15, 0.2) is 11.5 Å². The molecule has 2 heterocycles. The first-order chi connectivity index (χ1) is 18.6. The van der Waals surface area contributed by atoms with E-state index in [1.807, 2.05) is 50.3 Å². The lowest BCUT2D eigenvalue weighted by atomic mass is 9.90. The lowest BCUT2D eigenvalue weighted by Crippen LogP contribution is -2.49. The second-order valence-electron chi connectivity index (χ2n) is 9.78. The molecule has 3 aromatic rings. The Morgan fingerprint density at radius 3 is 2.44 bits per heavy atom. The second-order valence-corrected chi connectivity index (χ2v) is 11.4. The van der Waals surface area contributed by atoms with Crippen molar-refractivity contribution in [2.75, 3.05) is 11.8 Å². The average molecular weight is 548 g/mol. The first kappa shape index (κ1) is 26.3. The Balaban J connectivity index is 1.80. The van der Waals surface area contributed by atoms with Crippen LogP contribution in [-0.4, -0.2) is 27.0 Å². The molecule has 0 aliphatic carbocycles. The van der Waals surface area contributed by atoms with Gasteiger partial charge in [-0.25, -0.2) is 18.1 Å². The van der Waals surface area contributed by atoms with Crippen LogP contribution in [0.25, 0.3) is 16.8 Å². The monoisotopic (exact) mass is 547 g/mol. The van der Waals surface area contributed by atoms with Crippen molar-refractivity contribution < 1.29 is 27.5 Å². The van der Waals surface area contributed by atoms with Crippen LogP contribution in [0.15, 0.2) is 71.6 Å². The van der Waals surface area contributed by atoms with Crippen LogP contribution in [-0.2, 0) is 19.6 Å². The normalized spacial score (nSPS) is 16.6. The number of amides is 2. The van der Waals surface area contributed by atoms with E-state index in [0.29, 0.717) is 28.3 Å². The molecule has 0 radical (unpaired) electrons. The highest BCUT2D eigenvalue weighted by Gasteiger charge is 2.36. The maximum Gasteiger partial charge on any atom is 0.266 e. The number of carbonyl (C=O) groups excluding carboxylic acids is 2. The molecule has 0 fully saturated rings. The van der Waals surface area contributed by atoms with Crippen molar-refractivity contribution >= 4 is 33.2 Å². The number of nitrogens with one attached hydrogen (secondary N) is 2. The lowest BCUT2D eigenvalue weighted by molar-refractivity contribution is -0.121. The SMILES string of the molecule is CC(=O)NS(=O)(=O)c1ccc(C(C)C)c(-c2ccc3c(c2)OCO3)c1N1NC(c2ccccc2)=CC(C)C1=O. The summed E-state index contributed by atoms with van der Waals surface area (Å²) in [6.07, 6.45) is 1.81. The zero-order valence-electron chi connectivity index (χ0n) is 22.0. The summed E-state index contributed by atoms with van der Waals surface area (Å²) in [5, 5.41) is 1.29. The number of hydrogen-bond acceptors (Lipinski definition) is 7. The highest BCUT2D eigenvalue weighted by Crippen LogP contribution is 2.45. The molecule has 2 aliphatic rings. The molecule has 10 heteroatoms. The Morgan fingerprint density at radius 1 is 1.03 bits per heavy atom. The number of hydrazine groups is 1. The first-order valence-corrected chi connectivity index (χ1v) is 14.0. The Bertz CT molecular complexity index is 1600. The highest BCUT2D eigenvalue weighted by atomic mass is 32.2. The summed E-state index contributed by atoms with van der Waals surface area (Å²) < 4.78 is 40.2. The third kappa shape index (κ3) is 4.95. The van der Waals surface area contributed by atoms with E-state index in [0.717, 1.165) is 18.1 Å². The fraction of sp³-hybridized carbons (Fsp3) is 0.241. The molecule has 2 amide bonds. The van der Waals surface area contributed by atoms with Gasteiger partial charge >= 0.3 is 0 Å². The van der Waals surface area contributed by atoms with Crippen LogP contribution >= 0.6 is 0 Å². The molecule has 0 bridgehead atoms. The molecule has 9 nitrogen and oxygen atoms in total. The largest absolute Gasteiger partial charge is 0.454 e. The van der Waals surface area contributed by atoms with E-state index < -0.39 is 21.8 Å². The van der Waals surface area contributed by atoms with Crippen molar-refractivity contribution in [2.45, 2.75) is 38.5 Å². The van der Waals surface area contributed by atoms with Crippen LogP contribution in [0.2, 0.25) is 0 Å². The van der Waals surface area contributed by atoms with Crippen LogP contribution < -0.4 is 24.6 Å². The van der Waals surface area contributed by atoms with Crippen molar-refractivity contribution in [1.82, 2.24) is 10.1 Å². The second kappa shape index (κ2) is 10.1. The van der Waals surface area contributed by atoms with Crippen LogP contribution in [0.5, 0.6) is 11.5 Å². The van der Waals surface area contributed by atoms with Crippen LogP contribution in [0.3, 0.4) is 0 Å². The van der Waals surface area contributed by atoms with Crippen LogP contribution in [0.1, 0.15) is 44.7 Å². The average Bonchev–Trinajstić information content (AvgIpc) is 3.37. The molecule has 202 valence electrons. The molecule has 1 atom stereocenters. The van der Waals surface area contributed by atoms with Crippen molar-refractivity contribution in [2.24, 2.45) is 5.92 Å². The molecule has 39 heavy (non-hydrogen) atoms. The van der Waals surface area contributed by atoms with Gasteiger partial charge in [-0.2, -0.15) is 0 Å². The summed E-state index contributed by atoms with van der Waals surface area (Å²) in [5.41, 5.74) is 6.74. The Morgan fingerprint density at radius 2 is 1.74 bits per heavy atom. The lowest BCUT2D eigenvalue weighted by Gasteiger charge is -2.35. The smallest absolute Gasteiger partial charge is 0.266 e. The van der Waals surface area contributed by atoms with Gasteiger partial charge in [0.2, 0.25) is 12.7 Å². The predicted octanol–water partition coefficient (Wildman–Crippen LogP) is 4.56. The maximum atomic E-state index is 13.7. The molecule has 2 N–H and O–H groups in total. The molecule has 2 aliphatic heterocycles.